The summed E-state index contributed by atoms with van der Waals surface area (Å²) in [5, 5.41) is 11.7. The molecule has 138 valence electrons. The average molecular weight is 361 g/mol. The van der Waals surface area contributed by atoms with Gasteiger partial charge in [0, 0.05) is 19.6 Å². The summed E-state index contributed by atoms with van der Waals surface area (Å²) in [6.45, 7) is 1.98. The third-order valence-electron chi connectivity index (χ3n) is 4.88. The van der Waals surface area contributed by atoms with Crippen molar-refractivity contribution >= 4 is 17.5 Å². The maximum absolute atomic E-state index is 14.7. The number of ether oxygens (including phenoxy) is 1. The second-order valence-corrected chi connectivity index (χ2v) is 6.46. The van der Waals surface area contributed by atoms with Crippen LogP contribution in [0, 0.1) is 5.82 Å². The minimum absolute atomic E-state index is 0.184. The van der Waals surface area contributed by atoms with Crippen molar-refractivity contribution < 1.29 is 13.9 Å². The van der Waals surface area contributed by atoms with Crippen LogP contribution in [0.25, 0.3) is 0 Å². The van der Waals surface area contributed by atoms with Gasteiger partial charge >= 0.3 is 6.09 Å². The molecule has 0 unspecified atom stereocenters. The number of benzene rings is 1. The monoisotopic (exact) mass is 361 g/mol. The number of hydrogen-bond acceptors (Lipinski definition) is 7. The number of halogens is 1. The van der Waals surface area contributed by atoms with Gasteiger partial charge in [-0.25, -0.2) is 9.18 Å². The van der Waals surface area contributed by atoms with E-state index < -0.39 is 6.09 Å². The molecule has 0 spiro atoms. The van der Waals surface area contributed by atoms with Gasteiger partial charge in [-0.3, -0.25) is 4.90 Å². The molecule has 3 heterocycles. The number of carbonyl (C=O) groups excluding carboxylic acids is 1. The molecule has 1 aromatic carbocycles. The van der Waals surface area contributed by atoms with Crippen molar-refractivity contribution in [3.63, 3.8) is 0 Å². The normalized spacial score (nSPS) is 21.3. The highest BCUT2D eigenvalue weighted by Crippen LogP contribution is 2.31. The summed E-state index contributed by atoms with van der Waals surface area (Å²) < 4.78 is 19.8. The molecule has 0 bridgehead atoms. The largest absolute Gasteiger partial charge is 0.443 e. The number of cyclic esters (lactones) is 1. The second kappa shape index (κ2) is 6.87. The van der Waals surface area contributed by atoms with Gasteiger partial charge in [-0.2, -0.15) is 4.80 Å². The number of hydrogen-bond donors (Lipinski definition) is 1. The number of nitrogens with two attached hydrogens (primary N) is 1. The Morgan fingerprint density at radius 1 is 1.31 bits per heavy atom. The summed E-state index contributed by atoms with van der Waals surface area (Å²) >= 11 is 0. The fraction of sp³-hybridized carbons (Fsp3) is 0.500. The first-order valence-electron chi connectivity index (χ1n) is 8.61. The molecular weight excluding hydrogens is 341 g/mol. The Balaban J connectivity index is 1.45. The van der Waals surface area contributed by atoms with Crippen molar-refractivity contribution in [3.8, 4) is 0 Å². The maximum Gasteiger partial charge on any atom is 0.414 e. The topological polar surface area (TPSA) is 102 Å². The van der Waals surface area contributed by atoms with E-state index in [0.717, 1.165) is 12.8 Å². The number of tetrazole rings is 1. The van der Waals surface area contributed by atoms with Gasteiger partial charge in [0.05, 0.1) is 24.0 Å². The van der Waals surface area contributed by atoms with Crippen LogP contribution in [-0.2, 0) is 4.74 Å². The van der Waals surface area contributed by atoms with E-state index in [4.69, 9.17) is 10.5 Å². The molecule has 0 radical (unpaired) electrons. The maximum atomic E-state index is 14.7. The standard InChI is InChI=1S/C16H20FN7O2/c17-14-7-12(23-9-13(8-18)26-16(23)25)1-2-15(14)22-5-3-11(4-6-22)24-20-10-19-21-24/h1-2,7,10-11,13H,3-6,8-9,18H2/t13-/m0/s1. The molecule has 10 heteroatoms. The zero-order valence-electron chi connectivity index (χ0n) is 14.2. The molecule has 2 N–H and O–H groups in total. The predicted molar refractivity (Wildman–Crippen MR) is 91.4 cm³/mol. The van der Waals surface area contributed by atoms with Crippen molar-refractivity contribution in [1.82, 2.24) is 20.2 Å². The molecule has 4 rings (SSSR count). The molecule has 0 aliphatic carbocycles. The van der Waals surface area contributed by atoms with Crippen molar-refractivity contribution in [2.45, 2.75) is 25.0 Å². The van der Waals surface area contributed by atoms with E-state index in [-0.39, 0.29) is 24.5 Å². The van der Waals surface area contributed by atoms with E-state index in [9.17, 15) is 9.18 Å². The lowest BCUT2D eigenvalue weighted by Crippen LogP contribution is -2.36. The Hall–Kier alpha value is -2.75. The Bertz CT molecular complexity index is 777. The van der Waals surface area contributed by atoms with Gasteiger partial charge in [0.15, 0.2) is 6.33 Å². The number of anilines is 2. The van der Waals surface area contributed by atoms with E-state index in [2.05, 4.69) is 15.4 Å². The van der Waals surface area contributed by atoms with Crippen molar-refractivity contribution in [1.29, 1.82) is 0 Å². The number of carbonyl (C=O) groups is 1. The molecule has 26 heavy (non-hydrogen) atoms. The Kier molecular flexibility index (Phi) is 4.41. The number of rotatable bonds is 4. The number of nitrogens with zero attached hydrogens (tertiary/aromatic N) is 6. The highest BCUT2D eigenvalue weighted by molar-refractivity contribution is 5.90. The van der Waals surface area contributed by atoms with Gasteiger partial charge in [-0.1, -0.05) is 0 Å². The van der Waals surface area contributed by atoms with E-state index in [1.807, 2.05) is 4.90 Å². The van der Waals surface area contributed by atoms with Gasteiger partial charge < -0.3 is 15.4 Å². The Morgan fingerprint density at radius 3 is 2.73 bits per heavy atom. The molecular formula is C16H20FN7O2. The van der Waals surface area contributed by atoms with Crippen LogP contribution in [0.15, 0.2) is 24.5 Å². The molecule has 2 fully saturated rings. The zero-order valence-corrected chi connectivity index (χ0v) is 14.2. The SMILES string of the molecule is NC[C@H]1CN(c2ccc(N3CCC(n4ncnn4)CC3)c(F)c2)C(=O)O1. The summed E-state index contributed by atoms with van der Waals surface area (Å²) in [6.07, 6.45) is 2.20. The number of piperidine rings is 1. The third-order valence-corrected chi connectivity index (χ3v) is 4.88. The predicted octanol–water partition coefficient (Wildman–Crippen LogP) is 0.938. The van der Waals surface area contributed by atoms with Gasteiger partial charge in [0.1, 0.15) is 11.9 Å². The zero-order chi connectivity index (χ0) is 18.1. The summed E-state index contributed by atoms with van der Waals surface area (Å²) in [5.74, 6) is -0.358. The van der Waals surface area contributed by atoms with Gasteiger partial charge in [-0.15, -0.1) is 10.2 Å². The fourth-order valence-electron chi connectivity index (χ4n) is 3.46. The lowest BCUT2D eigenvalue weighted by atomic mass is 10.0. The van der Waals surface area contributed by atoms with Crippen molar-refractivity contribution in [2.24, 2.45) is 5.73 Å². The fourth-order valence-corrected chi connectivity index (χ4v) is 3.46. The first kappa shape index (κ1) is 16.7. The van der Waals surface area contributed by atoms with Gasteiger partial charge in [0.25, 0.3) is 0 Å². The van der Waals surface area contributed by atoms with Crippen LogP contribution in [0.4, 0.5) is 20.6 Å². The Labute approximate surface area is 149 Å². The average Bonchev–Trinajstić information content (AvgIpc) is 3.31. The van der Waals surface area contributed by atoms with E-state index in [1.54, 1.807) is 16.9 Å². The van der Waals surface area contributed by atoms with Crippen LogP contribution in [0.5, 0.6) is 0 Å². The summed E-state index contributed by atoms with van der Waals surface area (Å²) in [7, 11) is 0. The van der Waals surface area contributed by atoms with Crippen LogP contribution < -0.4 is 15.5 Å². The molecule has 2 saturated heterocycles. The van der Waals surface area contributed by atoms with Crippen LogP contribution in [0.2, 0.25) is 0 Å². The van der Waals surface area contributed by atoms with Crippen LogP contribution in [-0.4, -0.2) is 58.6 Å². The van der Waals surface area contributed by atoms with Crippen molar-refractivity contribution in [3.05, 3.63) is 30.3 Å². The molecule has 2 aliphatic rings. The first-order chi connectivity index (χ1) is 12.7. The van der Waals surface area contributed by atoms with Crippen molar-refractivity contribution in [2.75, 3.05) is 36.0 Å². The molecule has 0 saturated carbocycles. The lowest BCUT2D eigenvalue weighted by molar-refractivity contribution is 0.145. The number of aromatic nitrogens is 4. The molecule has 2 aliphatic heterocycles. The Morgan fingerprint density at radius 2 is 2.12 bits per heavy atom. The van der Waals surface area contributed by atoms with E-state index >= 15 is 0 Å². The van der Waals surface area contributed by atoms with Crippen LogP contribution >= 0.6 is 0 Å². The minimum atomic E-state index is -0.492. The van der Waals surface area contributed by atoms with Gasteiger partial charge in [-0.05, 0) is 36.3 Å². The quantitative estimate of drug-likeness (QED) is 0.864. The molecule has 1 amide bonds. The first-order valence-corrected chi connectivity index (χ1v) is 8.61. The van der Waals surface area contributed by atoms with Gasteiger partial charge in [0.2, 0.25) is 0 Å². The second-order valence-electron chi connectivity index (χ2n) is 6.46. The van der Waals surface area contributed by atoms with Crippen LogP contribution in [0.3, 0.4) is 0 Å². The molecule has 1 aromatic heterocycles. The highest BCUT2D eigenvalue weighted by Gasteiger charge is 2.32. The van der Waals surface area contributed by atoms with E-state index in [0.29, 0.717) is 31.0 Å². The smallest absolute Gasteiger partial charge is 0.414 e. The minimum Gasteiger partial charge on any atom is -0.443 e. The summed E-state index contributed by atoms with van der Waals surface area (Å²) in [5.41, 5.74) is 6.54. The molecule has 9 nitrogen and oxygen atoms in total. The summed E-state index contributed by atoms with van der Waals surface area (Å²) in [6, 6.07) is 5.01. The lowest BCUT2D eigenvalue weighted by Gasteiger charge is -2.33. The molecule has 2 aromatic rings. The number of amides is 1. The molecule has 1 atom stereocenters. The third kappa shape index (κ3) is 3.07. The highest BCUT2D eigenvalue weighted by atomic mass is 19.1. The summed E-state index contributed by atoms with van der Waals surface area (Å²) in [4.78, 5) is 16.9. The van der Waals surface area contributed by atoms with Crippen LogP contribution in [0.1, 0.15) is 18.9 Å². The van der Waals surface area contributed by atoms with E-state index in [1.165, 1.54) is 17.3 Å².